The number of aliphatic hydroxyl groups excluding tert-OH is 1. The third kappa shape index (κ3) is 3.78. The van der Waals surface area contributed by atoms with Crippen molar-refractivity contribution in [3.63, 3.8) is 0 Å². The van der Waals surface area contributed by atoms with Crippen molar-refractivity contribution in [1.29, 1.82) is 0 Å². The molecule has 0 saturated carbocycles. The SMILES string of the molecule is CO[C@@H](CO)CN=[N+]=[N-]. The largest absolute Gasteiger partial charge is 0.394 e. The second kappa shape index (κ2) is 5.37. The minimum Gasteiger partial charge on any atom is -0.394 e. The van der Waals surface area contributed by atoms with Crippen LogP contribution in [-0.2, 0) is 4.74 Å². The lowest BCUT2D eigenvalue weighted by Gasteiger charge is -2.06. The molecule has 52 valence electrons. The van der Waals surface area contributed by atoms with E-state index in [1.807, 2.05) is 0 Å². The zero-order valence-corrected chi connectivity index (χ0v) is 5.19. The molecule has 0 saturated heterocycles. The predicted molar refractivity (Wildman–Crippen MR) is 31.9 cm³/mol. The van der Waals surface area contributed by atoms with E-state index in [0.29, 0.717) is 0 Å². The van der Waals surface area contributed by atoms with Crippen LogP contribution in [0.15, 0.2) is 5.11 Å². The summed E-state index contributed by atoms with van der Waals surface area (Å²) in [6.45, 7) is 0.0685. The second-order valence-corrected chi connectivity index (χ2v) is 1.45. The van der Waals surface area contributed by atoms with Gasteiger partial charge in [0.05, 0.1) is 19.3 Å². The summed E-state index contributed by atoms with van der Waals surface area (Å²) in [5, 5.41) is 11.7. The van der Waals surface area contributed by atoms with Crippen molar-refractivity contribution in [3.8, 4) is 0 Å². The lowest BCUT2D eigenvalue weighted by molar-refractivity contribution is 0.0554. The summed E-state index contributed by atoms with van der Waals surface area (Å²) in [4.78, 5) is 2.51. The molecule has 0 aliphatic rings. The zero-order valence-electron chi connectivity index (χ0n) is 5.19. The third-order valence-corrected chi connectivity index (χ3v) is 0.885. The maximum atomic E-state index is 8.44. The molecule has 5 heteroatoms. The van der Waals surface area contributed by atoms with E-state index < -0.39 is 0 Å². The normalized spacial score (nSPS) is 12.2. The van der Waals surface area contributed by atoms with Gasteiger partial charge >= 0.3 is 0 Å². The van der Waals surface area contributed by atoms with Crippen molar-refractivity contribution >= 4 is 0 Å². The quantitative estimate of drug-likeness (QED) is 0.338. The van der Waals surface area contributed by atoms with E-state index in [0.717, 1.165) is 0 Å². The average Bonchev–Trinajstić information content (AvgIpc) is 1.91. The maximum absolute atomic E-state index is 8.44. The van der Waals surface area contributed by atoms with E-state index in [9.17, 15) is 0 Å². The summed E-state index contributed by atoms with van der Waals surface area (Å²) in [7, 11) is 1.45. The van der Waals surface area contributed by atoms with Gasteiger partial charge in [-0.15, -0.1) is 0 Å². The molecule has 0 fully saturated rings. The van der Waals surface area contributed by atoms with Crippen molar-refractivity contribution in [3.05, 3.63) is 10.4 Å². The van der Waals surface area contributed by atoms with Crippen LogP contribution in [0, 0.1) is 0 Å². The molecule has 0 bridgehead atoms. The van der Waals surface area contributed by atoms with Crippen LogP contribution in [0.4, 0.5) is 0 Å². The van der Waals surface area contributed by atoms with Gasteiger partial charge in [-0.2, -0.15) is 0 Å². The molecular weight excluding hydrogens is 122 g/mol. The zero-order chi connectivity index (χ0) is 7.11. The van der Waals surface area contributed by atoms with Crippen molar-refractivity contribution < 1.29 is 9.84 Å². The van der Waals surface area contributed by atoms with E-state index >= 15 is 0 Å². The fraction of sp³-hybridized carbons (Fsp3) is 1.00. The predicted octanol–water partition coefficient (Wildman–Crippen LogP) is 0.304. The van der Waals surface area contributed by atoms with Gasteiger partial charge in [0.2, 0.25) is 0 Å². The number of methoxy groups -OCH3 is 1. The Balaban J connectivity index is 3.42. The van der Waals surface area contributed by atoms with Gasteiger partial charge < -0.3 is 9.84 Å². The molecule has 9 heavy (non-hydrogen) atoms. The van der Waals surface area contributed by atoms with Crippen LogP contribution in [0.5, 0.6) is 0 Å². The molecular formula is C4H9N3O2. The van der Waals surface area contributed by atoms with Crippen molar-refractivity contribution in [2.24, 2.45) is 5.11 Å². The van der Waals surface area contributed by atoms with Gasteiger partial charge in [-0.25, -0.2) is 0 Å². The van der Waals surface area contributed by atoms with E-state index in [1.165, 1.54) is 7.11 Å². The van der Waals surface area contributed by atoms with Crippen molar-refractivity contribution in [2.45, 2.75) is 6.10 Å². The molecule has 0 spiro atoms. The number of azide groups is 1. The molecule has 0 unspecified atom stereocenters. The van der Waals surface area contributed by atoms with Crippen LogP contribution in [0.25, 0.3) is 10.4 Å². The Bertz CT molecular complexity index is 106. The number of nitrogens with zero attached hydrogens (tertiary/aromatic N) is 3. The number of hydrogen-bond acceptors (Lipinski definition) is 3. The van der Waals surface area contributed by atoms with Crippen LogP contribution in [0.3, 0.4) is 0 Å². The highest BCUT2D eigenvalue weighted by Crippen LogP contribution is 1.88. The fourth-order valence-corrected chi connectivity index (χ4v) is 0.334. The number of hydrogen-bond donors (Lipinski definition) is 1. The lowest BCUT2D eigenvalue weighted by atomic mass is 10.4. The topological polar surface area (TPSA) is 78.2 Å². The Morgan fingerprint density at radius 1 is 1.89 bits per heavy atom. The Morgan fingerprint density at radius 3 is 2.89 bits per heavy atom. The third-order valence-electron chi connectivity index (χ3n) is 0.885. The Hall–Kier alpha value is -0.770. The summed E-state index contributed by atoms with van der Waals surface area (Å²) in [5.41, 5.74) is 7.83. The van der Waals surface area contributed by atoms with Crippen LogP contribution in [0.2, 0.25) is 0 Å². The molecule has 0 aromatic heterocycles. The second-order valence-electron chi connectivity index (χ2n) is 1.45. The van der Waals surface area contributed by atoms with Gasteiger partial charge in [0.1, 0.15) is 0 Å². The highest BCUT2D eigenvalue weighted by molar-refractivity contribution is 4.58. The number of rotatable bonds is 4. The Morgan fingerprint density at radius 2 is 2.56 bits per heavy atom. The summed E-state index contributed by atoms with van der Waals surface area (Å²) >= 11 is 0. The minimum atomic E-state index is -0.360. The van der Waals surface area contributed by atoms with Crippen LogP contribution in [-0.4, -0.2) is 31.5 Å². The van der Waals surface area contributed by atoms with Crippen LogP contribution in [0.1, 0.15) is 0 Å². The molecule has 0 aliphatic heterocycles. The van der Waals surface area contributed by atoms with E-state index in [4.69, 9.17) is 10.6 Å². The molecule has 0 aliphatic carbocycles. The van der Waals surface area contributed by atoms with Gasteiger partial charge in [0.25, 0.3) is 0 Å². The molecule has 0 amide bonds. The van der Waals surface area contributed by atoms with Crippen LogP contribution < -0.4 is 0 Å². The lowest BCUT2D eigenvalue weighted by Crippen LogP contribution is -2.18. The fourth-order valence-electron chi connectivity index (χ4n) is 0.334. The van der Waals surface area contributed by atoms with E-state index in [1.54, 1.807) is 0 Å². The van der Waals surface area contributed by atoms with Crippen molar-refractivity contribution in [1.82, 2.24) is 0 Å². The smallest absolute Gasteiger partial charge is 0.0858 e. The first-order chi connectivity index (χ1) is 4.35. The van der Waals surface area contributed by atoms with E-state index in [-0.39, 0.29) is 19.3 Å². The average molecular weight is 131 g/mol. The van der Waals surface area contributed by atoms with Gasteiger partial charge in [-0.05, 0) is 5.53 Å². The molecule has 5 nitrogen and oxygen atoms in total. The van der Waals surface area contributed by atoms with Gasteiger partial charge in [-0.3, -0.25) is 0 Å². The van der Waals surface area contributed by atoms with Gasteiger partial charge in [0, 0.05) is 12.0 Å². The molecule has 0 heterocycles. The summed E-state index contributed by atoms with van der Waals surface area (Å²) in [6, 6.07) is 0. The maximum Gasteiger partial charge on any atom is 0.0858 e. The molecule has 0 rings (SSSR count). The molecule has 1 atom stereocenters. The standard InChI is InChI=1S/C4H9N3O2/c1-9-4(3-8)2-6-7-5/h4,8H,2-3H2,1H3/t4-/m1/s1. The first-order valence-electron chi connectivity index (χ1n) is 2.49. The molecule has 0 aromatic rings. The highest BCUT2D eigenvalue weighted by Gasteiger charge is 2.00. The summed E-state index contributed by atoms with van der Waals surface area (Å²) < 4.78 is 4.69. The Labute approximate surface area is 52.9 Å². The molecule has 0 aromatic carbocycles. The van der Waals surface area contributed by atoms with Gasteiger partial charge in [0.15, 0.2) is 0 Å². The summed E-state index contributed by atoms with van der Waals surface area (Å²) in [5.74, 6) is 0. The number of ether oxygens (including phenoxy) is 1. The van der Waals surface area contributed by atoms with E-state index in [2.05, 4.69) is 14.8 Å². The molecule has 0 radical (unpaired) electrons. The van der Waals surface area contributed by atoms with Gasteiger partial charge in [-0.1, -0.05) is 5.11 Å². The monoisotopic (exact) mass is 131 g/mol. The van der Waals surface area contributed by atoms with Crippen LogP contribution >= 0.6 is 0 Å². The molecule has 1 N–H and O–H groups in total. The van der Waals surface area contributed by atoms with Crippen molar-refractivity contribution in [2.75, 3.05) is 20.3 Å². The first-order valence-corrected chi connectivity index (χ1v) is 2.49. The number of aliphatic hydroxyl groups is 1. The Kier molecular flexibility index (Phi) is 4.91. The first kappa shape index (κ1) is 8.23. The minimum absolute atomic E-state index is 0.116. The highest BCUT2D eigenvalue weighted by atomic mass is 16.5. The summed E-state index contributed by atoms with van der Waals surface area (Å²) in [6.07, 6.45) is -0.360.